The zero-order valence-electron chi connectivity index (χ0n) is 8.90. The van der Waals surface area contributed by atoms with Crippen LogP contribution >= 0.6 is 15.9 Å². The van der Waals surface area contributed by atoms with Gasteiger partial charge in [0, 0.05) is 10.0 Å². The number of hydrogen-bond acceptors (Lipinski definition) is 4. The van der Waals surface area contributed by atoms with Gasteiger partial charge in [0.2, 0.25) is 6.79 Å². The van der Waals surface area contributed by atoms with Gasteiger partial charge in [-0.05, 0) is 28.9 Å². The second-order valence-electron chi connectivity index (χ2n) is 3.60. The average molecular weight is 301 g/mol. The molecule has 6 heteroatoms. The van der Waals surface area contributed by atoms with Gasteiger partial charge in [0.1, 0.15) is 0 Å². The average Bonchev–Trinajstić information content (AvgIpc) is 2.75. The fourth-order valence-electron chi connectivity index (χ4n) is 1.65. The van der Waals surface area contributed by atoms with Crippen molar-refractivity contribution in [3.05, 3.63) is 21.7 Å². The van der Waals surface area contributed by atoms with Crippen LogP contribution in [0.3, 0.4) is 0 Å². The van der Waals surface area contributed by atoms with Crippen LogP contribution in [0.25, 0.3) is 0 Å². The van der Waals surface area contributed by atoms with E-state index in [1.165, 1.54) is 0 Å². The van der Waals surface area contributed by atoms with Gasteiger partial charge < -0.3 is 14.6 Å². The largest absolute Gasteiger partial charge is 0.481 e. The molecule has 1 aromatic carbocycles. The number of aldehydes is 1. The smallest absolute Gasteiger partial charge is 0.310 e. The SMILES string of the molecule is CC(C(=O)O)c1cc(Br)c(C=O)c2c1OCO2. The van der Waals surface area contributed by atoms with E-state index in [2.05, 4.69) is 15.9 Å². The molecule has 90 valence electrons. The Hall–Kier alpha value is -1.56. The Morgan fingerprint density at radius 2 is 2.18 bits per heavy atom. The molecule has 1 aliphatic rings. The van der Waals surface area contributed by atoms with Crippen LogP contribution in [0, 0.1) is 0 Å². The number of ether oxygens (including phenoxy) is 2. The molecule has 0 radical (unpaired) electrons. The van der Waals surface area contributed by atoms with Gasteiger partial charge in [-0.15, -0.1) is 0 Å². The highest BCUT2D eigenvalue weighted by atomic mass is 79.9. The second kappa shape index (κ2) is 4.37. The summed E-state index contributed by atoms with van der Waals surface area (Å²) in [5, 5.41) is 9.00. The van der Waals surface area contributed by atoms with Gasteiger partial charge in [-0.25, -0.2) is 0 Å². The first-order chi connectivity index (χ1) is 8.06. The Morgan fingerprint density at radius 3 is 2.76 bits per heavy atom. The minimum Gasteiger partial charge on any atom is -0.481 e. The van der Waals surface area contributed by atoms with Crippen LogP contribution in [0.15, 0.2) is 10.5 Å². The number of benzene rings is 1. The highest BCUT2D eigenvalue weighted by Crippen LogP contribution is 2.44. The standard InChI is InChI=1S/C11H9BrO5/c1-5(11(14)15)6-2-8(12)7(3-13)10-9(6)16-4-17-10/h2-3,5H,4H2,1H3,(H,14,15). The van der Waals surface area contributed by atoms with Gasteiger partial charge >= 0.3 is 5.97 Å². The van der Waals surface area contributed by atoms with E-state index in [1.54, 1.807) is 13.0 Å². The van der Waals surface area contributed by atoms with Crippen LogP contribution in [-0.4, -0.2) is 24.2 Å². The lowest BCUT2D eigenvalue weighted by Gasteiger charge is -2.12. The normalized spacial score (nSPS) is 14.5. The van der Waals surface area contributed by atoms with Crippen molar-refractivity contribution in [3.8, 4) is 11.5 Å². The summed E-state index contributed by atoms with van der Waals surface area (Å²) in [6.07, 6.45) is 0.646. The maximum atomic E-state index is 11.0. The van der Waals surface area contributed by atoms with Crippen molar-refractivity contribution in [2.45, 2.75) is 12.8 Å². The lowest BCUT2D eigenvalue weighted by Crippen LogP contribution is -2.08. The maximum absolute atomic E-state index is 11.0. The molecule has 1 N–H and O–H groups in total. The van der Waals surface area contributed by atoms with E-state index in [0.717, 1.165) is 0 Å². The fourth-order valence-corrected chi connectivity index (χ4v) is 2.17. The van der Waals surface area contributed by atoms with Gasteiger partial charge in [0.05, 0.1) is 11.5 Å². The van der Waals surface area contributed by atoms with Gasteiger partial charge in [0.25, 0.3) is 0 Å². The molecule has 0 aromatic heterocycles. The van der Waals surface area contributed by atoms with E-state index >= 15 is 0 Å². The lowest BCUT2D eigenvalue weighted by atomic mass is 9.98. The zero-order valence-corrected chi connectivity index (χ0v) is 10.5. The summed E-state index contributed by atoms with van der Waals surface area (Å²) >= 11 is 3.22. The van der Waals surface area contributed by atoms with E-state index in [9.17, 15) is 9.59 Å². The molecule has 0 aliphatic carbocycles. The van der Waals surface area contributed by atoms with Crippen molar-refractivity contribution in [3.63, 3.8) is 0 Å². The molecule has 0 bridgehead atoms. The summed E-state index contributed by atoms with van der Waals surface area (Å²) in [6.45, 7) is 1.54. The molecule has 2 rings (SSSR count). The lowest BCUT2D eigenvalue weighted by molar-refractivity contribution is -0.138. The van der Waals surface area contributed by atoms with Gasteiger partial charge in [0.15, 0.2) is 17.8 Å². The van der Waals surface area contributed by atoms with Crippen LogP contribution in [0.1, 0.15) is 28.8 Å². The molecule has 5 nitrogen and oxygen atoms in total. The Bertz CT molecular complexity index is 497. The molecular formula is C11H9BrO5. The van der Waals surface area contributed by atoms with Crippen LogP contribution < -0.4 is 9.47 Å². The van der Waals surface area contributed by atoms with Gasteiger partial charge in [-0.2, -0.15) is 0 Å². The Kier molecular flexibility index (Phi) is 3.06. The van der Waals surface area contributed by atoms with Crippen molar-refractivity contribution in [2.75, 3.05) is 6.79 Å². The van der Waals surface area contributed by atoms with E-state index in [-0.39, 0.29) is 6.79 Å². The Balaban J connectivity index is 2.63. The van der Waals surface area contributed by atoms with Crippen molar-refractivity contribution in [1.29, 1.82) is 0 Å². The number of carboxylic acid groups (broad SMARTS) is 1. The predicted molar refractivity (Wildman–Crippen MR) is 61.7 cm³/mol. The minimum absolute atomic E-state index is 0.00797. The topological polar surface area (TPSA) is 72.8 Å². The van der Waals surface area contributed by atoms with Crippen LogP contribution in [0.5, 0.6) is 11.5 Å². The third kappa shape index (κ3) is 1.88. The number of aliphatic carboxylic acids is 1. The molecular weight excluding hydrogens is 292 g/mol. The third-order valence-corrected chi connectivity index (χ3v) is 3.27. The van der Waals surface area contributed by atoms with Crippen molar-refractivity contribution in [2.24, 2.45) is 0 Å². The zero-order chi connectivity index (χ0) is 12.6. The molecule has 0 spiro atoms. The highest BCUT2D eigenvalue weighted by Gasteiger charge is 2.29. The minimum atomic E-state index is -0.964. The molecule has 1 unspecified atom stereocenters. The number of halogens is 1. The number of fused-ring (bicyclic) bond motifs is 1. The van der Waals surface area contributed by atoms with Crippen molar-refractivity contribution >= 4 is 28.2 Å². The second-order valence-corrected chi connectivity index (χ2v) is 4.46. The summed E-state index contributed by atoms with van der Waals surface area (Å²) in [7, 11) is 0. The number of hydrogen-bond donors (Lipinski definition) is 1. The summed E-state index contributed by atoms with van der Waals surface area (Å²) in [6, 6.07) is 1.58. The molecule has 0 saturated heterocycles. The first-order valence-corrected chi connectivity index (χ1v) is 5.65. The molecule has 1 atom stereocenters. The van der Waals surface area contributed by atoms with Crippen LogP contribution in [0.4, 0.5) is 0 Å². The Morgan fingerprint density at radius 1 is 1.53 bits per heavy atom. The molecule has 0 fully saturated rings. The molecule has 1 aromatic rings. The summed E-state index contributed by atoms with van der Waals surface area (Å²) in [5.41, 5.74) is 0.821. The van der Waals surface area contributed by atoms with Gasteiger partial charge in [-0.3, -0.25) is 9.59 Å². The number of rotatable bonds is 3. The van der Waals surface area contributed by atoms with Crippen molar-refractivity contribution < 1.29 is 24.2 Å². The first kappa shape index (κ1) is 11.9. The Labute approximate surface area is 105 Å². The van der Waals surface area contributed by atoms with E-state index in [4.69, 9.17) is 14.6 Å². The third-order valence-electron chi connectivity index (χ3n) is 2.61. The number of carbonyl (C=O) groups is 2. The highest BCUT2D eigenvalue weighted by molar-refractivity contribution is 9.10. The number of carbonyl (C=O) groups excluding carboxylic acids is 1. The first-order valence-electron chi connectivity index (χ1n) is 4.86. The molecule has 1 aliphatic heterocycles. The quantitative estimate of drug-likeness (QED) is 0.866. The monoisotopic (exact) mass is 300 g/mol. The summed E-state index contributed by atoms with van der Waals surface area (Å²) in [4.78, 5) is 21.9. The number of carboxylic acids is 1. The predicted octanol–water partition coefficient (Wildman–Crippen LogP) is 2.18. The molecule has 0 amide bonds. The van der Waals surface area contributed by atoms with E-state index in [0.29, 0.717) is 33.4 Å². The van der Waals surface area contributed by atoms with Crippen LogP contribution in [0.2, 0.25) is 0 Å². The van der Waals surface area contributed by atoms with E-state index < -0.39 is 11.9 Å². The van der Waals surface area contributed by atoms with E-state index in [1.807, 2.05) is 0 Å². The summed E-state index contributed by atoms with van der Waals surface area (Å²) < 4.78 is 10.9. The molecule has 17 heavy (non-hydrogen) atoms. The van der Waals surface area contributed by atoms with Crippen molar-refractivity contribution in [1.82, 2.24) is 0 Å². The molecule has 0 saturated carbocycles. The van der Waals surface area contributed by atoms with Gasteiger partial charge in [-0.1, -0.05) is 0 Å². The fraction of sp³-hybridized carbons (Fsp3) is 0.273. The summed E-state index contributed by atoms with van der Waals surface area (Å²) in [5.74, 6) is -1.06. The maximum Gasteiger partial charge on any atom is 0.310 e. The molecule has 1 heterocycles. The van der Waals surface area contributed by atoms with Crippen LogP contribution in [-0.2, 0) is 4.79 Å².